The summed E-state index contributed by atoms with van der Waals surface area (Å²) in [7, 11) is 0. The maximum absolute atomic E-state index is 11.0. The van der Waals surface area contributed by atoms with Crippen LogP contribution >= 0.6 is 0 Å². The van der Waals surface area contributed by atoms with Gasteiger partial charge in [-0.2, -0.15) is 0 Å². The standard InChI is InChI=1S/C11H15NO2.C6H8O7/c1-11(2,3)14-9-7-5-4-6-8(9)10(12)13;7-3(8)1-6(13,5(11)12)2-4(9)10/h4-7H,1-3H3,(H2,12,13);13H,1-2H2,(H,7,8)(H,9,10)(H,11,12). The van der Waals surface area contributed by atoms with Gasteiger partial charge in [0.25, 0.3) is 5.91 Å². The maximum atomic E-state index is 11.0. The van der Waals surface area contributed by atoms with E-state index in [4.69, 9.17) is 30.9 Å². The van der Waals surface area contributed by atoms with E-state index in [1.165, 1.54) is 0 Å². The molecule has 1 rings (SSSR count). The Morgan fingerprint density at radius 1 is 0.963 bits per heavy atom. The van der Waals surface area contributed by atoms with E-state index in [0.717, 1.165) is 0 Å². The molecule has 10 nitrogen and oxygen atoms in total. The molecule has 0 fully saturated rings. The number of primary amides is 1. The first-order valence-corrected chi connectivity index (χ1v) is 7.65. The lowest BCUT2D eigenvalue weighted by Crippen LogP contribution is -2.42. The van der Waals surface area contributed by atoms with Crippen LogP contribution in [0.1, 0.15) is 44.0 Å². The molecule has 0 unspecified atom stereocenters. The van der Waals surface area contributed by atoms with E-state index < -0.39 is 42.3 Å². The van der Waals surface area contributed by atoms with Crippen LogP contribution in [0.4, 0.5) is 0 Å². The summed E-state index contributed by atoms with van der Waals surface area (Å²) < 4.78 is 5.59. The van der Waals surface area contributed by atoms with Crippen LogP contribution < -0.4 is 10.5 Å². The molecule has 0 aliphatic rings. The molecular weight excluding hydrogens is 362 g/mol. The Morgan fingerprint density at radius 2 is 1.41 bits per heavy atom. The molecule has 150 valence electrons. The predicted molar refractivity (Wildman–Crippen MR) is 92.4 cm³/mol. The first-order valence-electron chi connectivity index (χ1n) is 7.65. The Hall–Kier alpha value is -3.14. The Morgan fingerprint density at radius 3 is 1.74 bits per heavy atom. The number of benzene rings is 1. The van der Waals surface area contributed by atoms with Crippen molar-refractivity contribution >= 4 is 23.8 Å². The molecule has 0 radical (unpaired) electrons. The number of ether oxygens (including phenoxy) is 1. The highest BCUT2D eigenvalue weighted by Gasteiger charge is 2.40. The highest BCUT2D eigenvalue weighted by Crippen LogP contribution is 2.22. The lowest BCUT2D eigenvalue weighted by molar-refractivity contribution is -0.170. The Balaban J connectivity index is 0.000000503. The summed E-state index contributed by atoms with van der Waals surface area (Å²) in [6.07, 6.45) is -2.29. The van der Waals surface area contributed by atoms with Gasteiger partial charge >= 0.3 is 17.9 Å². The lowest BCUT2D eigenvalue weighted by atomic mass is 9.96. The average molecular weight is 385 g/mol. The molecule has 0 atom stereocenters. The molecule has 27 heavy (non-hydrogen) atoms. The second kappa shape index (κ2) is 9.53. The predicted octanol–water partition coefficient (Wildman–Crippen LogP) is 0.714. The van der Waals surface area contributed by atoms with Crippen molar-refractivity contribution in [1.29, 1.82) is 0 Å². The van der Waals surface area contributed by atoms with Gasteiger partial charge in [0.15, 0.2) is 5.60 Å². The number of rotatable bonds is 7. The number of carbonyl (C=O) groups excluding carboxylic acids is 1. The SMILES string of the molecule is CC(C)(C)Oc1ccccc1C(N)=O.O=C(O)CC(O)(CC(=O)O)C(=O)O. The number of hydrogen-bond donors (Lipinski definition) is 5. The highest BCUT2D eigenvalue weighted by atomic mass is 16.5. The van der Waals surface area contributed by atoms with Crippen LogP contribution in [0.25, 0.3) is 0 Å². The van der Waals surface area contributed by atoms with Gasteiger partial charge in [0.05, 0.1) is 18.4 Å². The van der Waals surface area contributed by atoms with E-state index in [9.17, 15) is 19.2 Å². The molecule has 0 heterocycles. The van der Waals surface area contributed by atoms with Crippen LogP contribution in [0, 0.1) is 0 Å². The summed E-state index contributed by atoms with van der Waals surface area (Å²) >= 11 is 0. The minimum absolute atomic E-state index is 0.328. The van der Waals surface area contributed by atoms with E-state index in [0.29, 0.717) is 11.3 Å². The number of nitrogens with two attached hydrogens (primary N) is 1. The van der Waals surface area contributed by atoms with Crippen LogP contribution in [0.3, 0.4) is 0 Å². The summed E-state index contributed by atoms with van der Waals surface area (Å²) in [6.45, 7) is 5.76. The van der Waals surface area contributed by atoms with Crippen molar-refractivity contribution in [2.75, 3.05) is 0 Å². The molecular formula is C17H23NO9. The maximum Gasteiger partial charge on any atom is 0.336 e. The number of carbonyl (C=O) groups is 4. The molecule has 0 aliphatic heterocycles. The van der Waals surface area contributed by atoms with E-state index in [-0.39, 0.29) is 5.60 Å². The third kappa shape index (κ3) is 9.21. The summed E-state index contributed by atoms with van der Waals surface area (Å²) in [5.41, 5.74) is 2.57. The first kappa shape index (κ1) is 23.9. The minimum atomic E-state index is -2.74. The van der Waals surface area contributed by atoms with Gasteiger partial charge < -0.3 is 30.9 Å². The van der Waals surface area contributed by atoms with Gasteiger partial charge in [0.2, 0.25) is 0 Å². The van der Waals surface area contributed by atoms with Crippen LogP contribution in [0.5, 0.6) is 5.75 Å². The third-order valence-corrected chi connectivity index (χ3v) is 2.85. The van der Waals surface area contributed by atoms with Crippen LogP contribution in [-0.2, 0) is 14.4 Å². The number of aliphatic carboxylic acids is 3. The number of amides is 1. The van der Waals surface area contributed by atoms with E-state index >= 15 is 0 Å². The van der Waals surface area contributed by atoms with Crippen molar-refractivity contribution in [3.63, 3.8) is 0 Å². The number of carboxylic acids is 3. The zero-order valence-electron chi connectivity index (χ0n) is 15.1. The topological polar surface area (TPSA) is 184 Å². The van der Waals surface area contributed by atoms with Gasteiger partial charge in [-0.25, -0.2) is 4.79 Å². The second-order valence-electron chi connectivity index (χ2n) is 6.55. The molecule has 6 N–H and O–H groups in total. The molecule has 0 bridgehead atoms. The summed E-state index contributed by atoms with van der Waals surface area (Å²) in [4.78, 5) is 41.5. The van der Waals surface area contributed by atoms with Gasteiger partial charge in [-0.15, -0.1) is 0 Å². The van der Waals surface area contributed by atoms with E-state index in [1.54, 1.807) is 18.2 Å². The number of aliphatic hydroxyl groups is 1. The first-order chi connectivity index (χ1) is 12.2. The molecule has 1 aromatic carbocycles. The third-order valence-electron chi connectivity index (χ3n) is 2.85. The van der Waals surface area contributed by atoms with Crippen LogP contribution in [0.15, 0.2) is 24.3 Å². The van der Waals surface area contributed by atoms with Crippen molar-refractivity contribution in [3.8, 4) is 5.75 Å². The smallest absolute Gasteiger partial charge is 0.336 e. The molecule has 0 aliphatic carbocycles. The van der Waals surface area contributed by atoms with Crippen molar-refractivity contribution in [2.45, 2.75) is 44.8 Å². The Kier molecular flexibility index (Phi) is 8.42. The van der Waals surface area contributed by atoms with Crippen molar-refractivity contribution in [3.05, 3.63) is 29.8 Å². The normalized spacial score (nSPS) is 11.0. The Bertz CT molecular complexity index is 691. The summed E-state index contributed by atoms with van der Waals surface area (Å²) in [5.74, 6) is -4.95. The van der Waals surface area contributed by atoms with Crippen LogP contribution in [-0.4, -0.2) is 55.4 Å². The fourth-order valence-corrected chi connectivity index (χ4v) is 1.80. The fraction of sp³-hybridized carbons (Fsp3) is 0.412. The largest absolute Gasteiger partial charge is 0.487 e. The molecule has 10 heteroatoms. The second-order valence-corrected chi connectivity index (χ2v) is 6.55. The number of hydrogen-bond acceptors (Lipinski definition) is 6. The Labute approximate surface area is 155 Å². The van der Waals surface area contributed by atoms with Crippen molar-refractivity contribution < 1.29 is 44.3 Å². The summed E-state index contributed by atoms with van der Waals surface area (Å²) in [5, 5.41) is 33.8. The monoisotopic (exact) mass is 385 g/mol. The lowest BCUT2D eigenvalue weighted by Gasteiger charge is -2.22. The number of para-hydroxylation sites is 1. The molecule has 0 aromatic heterocycles. The highest BCUT2D eigenvalue weighted by molar-refractivity contribution is 5.95. The molecule has 0 spiro atoms. The summed E-state index contributed by atoms with van der Waals surface area (Å²) in [6, 6.07) is 6.97. The quantitative estimate of drug-likeness (QED) is 0.451. The zero-order chi connectivity index (χ0) is 21.4. The van der Waals surface area contributed by atoms with E-state index in [2.05, 4.69) is 0 Å². The van der Waals surface area contributed by atoms with Gasteiger partial charge in [0.1, 0.15) is 11.4 Å². The van der Waals surface area contributed by atoms with Crippen molar-refractivity contribution in [2.24, 2.45) is 5.73 Å². The van der Waals surface area contributed by atoms with E-state index in [1.807, 2.05) is 26.8 Å². The molecule has 1 aromatic rings. The minimum Gasteiger partial charge on any atom is -0.487 e. The van der Waals surface area contributed by atoms with Gasteiger partial charge in [-0.1, -0.05) is 12.1 Å². The van der Waals surface area contributed by atoms with Gasteiger partial charge in [-0.3, -0.25) is 14.4 Å². The van der Waals surface area contributed by atoms with Gasteiger partial charge in [0, 0.05) is 0 Å². The van der Waals surface area contributed by atoms with Crippen molar-refractivity contribution in [1.82, 2.24) is 0 Å². The average Bonchev–Trinajstić information content (AvgIpc) is 2.44. The molecule has 0 saturated heterocycles. The van der Waals surface area contributed by atoms with Crippen LogP contribution in [0.2, 0.25) is 0 Å². The zero-order valence-corrected chi connectivity index (χ0v) is 15.1. The number of carboxylic acid groups (broad SMARTS) is 3. The molecule has 0 saturated carbocycles. The molecule has 1 amide bonds. The fourth-order valence-electron chi connectivity index (χ4n) is 1.80. The van der Waals surface area contributed by atoms with Gasteiger partial charge in [-0.05, 0) is 32.9 Å².